The van der Waals surface area contributed by atoms with Crippen LogP contribution in [-0.4, -0.2) is 22.1 Å². The molecule has 0 fully saturated rings. The smallest absolute Gasteiger partial charge is 0.245 e. The Kier molecular flexibility index (Phi) is 5.61. The Morgan fingerprint density at radius 1 is 1.26 bits per heavy atom. The molecule has 0 amide bonds. The van der Waals surface area contributed by atoms with Crippen molar-refractivity contribution in [3.8, 4) is 17.6 Å². The molecule has 0 radical (unpaired) electrons. The molecule has 0 heterocycles. The predicted molar refractivity (Wildman–Crippen MR) is 86.5 cm³/mol. The van der Waals surface area contributed by atoms with Gasteiger partial charge < -0.3 is 4.74 Å². The van der Waals surface area contributed by atoms with Crippen molar-refractivity contribution in [3.05, 3.63) is 58.9 Å². The summed E-state index contributed by atoms with van der Waals surface area (Å²) in [5.74, 6) is 4.84. The van der Waals surface area contributed by atoms with E-state index in [1.165, 1.54) is 13.2 Å². The molecule has 0 bridgehead atoms. The first-order valence-corrected chi connectivity index (χ1v) is 8.36. The van der Waals surface area contributed by atoms with E-state index in [0.29, 0.717) is 10.6 Å². The van der Waals surface area contributed by atoms with Crippen LogP contribution in [0.1, 0.15) is 5.56 Å². The number of benzene rings is 2. The van der Waals surface area contributed by atoms with Gasteiger partial charge in [-0.3, -0.25) is 0 Å². The van der Waals surface area contributed by atoms with E-state index in [4.69, 9.17) is 16.3 Å². The fourth-order valence-corrected chi connectivity index (χ4v) is 3.07. The summed E-state index contributed by atoms with van der Waals surface area (Å²) in [7, 11) is -2.62. The minimum atomic E-state index is -3.93. The minimum absolute atomic E-state index is 0.0571. The molecule has 0 aliphatic heterocycles. The molecule has 0 aromatic heterocycles. The van der Waals surface area contributed by atoms with Crippen LogP contribution in [0, 0.1) is 17.7 Å². The molecular weight excluding hydrogens is 341 g/mol. The molecule has 0 saturated carbocycles. The van der Waals surface area contributed by atoms with Gasteiger partial charge >= 0.3 is 0 Å². The monoisotopic (exact) mass is 353 g/mol. The molecule has 23 heavy (non-hydrogen) atoms. The highest BCUT2D eigenvalue weighted by molar-refractivity contribution is 7.89. The van der Waals surface area contributed by atoms with Gasteiger partial charge in [-0.2, -0.15) is 4.72 Å². The van der Waals surface area contributed by atoms with Gasteiger partial charge in [0, 0.05) is 10.6 Å². The Morgan fingerprint density at radius 3 is 2.74 bits per heavy atom. The summed E-state index contributed by atoms with van der Waals surface area (Å²) in [4.78, 5) is -0.274. The first-order valence-electron chi connectivity index (χ1n) is 6.50. The maximum Gasteiger partial charge on any atom is 0.245 e. The summed E-state index contributed by atoms with van der Waals surface area (Å²) < 4.78 is 44.9. The van der Waals surface area contributed by atoms with Crippen LogP contribution >= 0.6 is 11.6 Å². The summed E-state index contributed by atoms with van der Waals surface area (Å²) in [5.41, 5.74) is 0.667. The Balaban J connectivity index is 2.13. The first-order chi connectivity index (χ1) is 10.9. The van der Waals surface area contributed by atoms with Crippen LogP contribution in [-0.2, 0) is 10.0 Å². The van der Waals surface area contributed by atoms with Gasteiger partial charge in [0.15, 0.2) is 0 Å². The molecule has 2 aromatic rings. The van der Waals surface area contributed by atoms with E-state index in [1.54, 1.807) is 24.3 Å². The standard InChI is InChI=1S/C16H13ClFNO3S/c1-22-15-8-7-14(18)11-16(15)23(20,21)19-9-3-5-12-4-2-6-13(17)10-12/h2,4,6-8,10-11,19H,9H2,1H3. The molecule has 0 saturated heterocycles. The average molecular weight is 354 g/mol. The van der Waals surface area contributed by atoms with Crippen molar-refractivity contribution >= 4 is 21.6 Å². The molecule has 1 N–H and O–H groups in total. The number of sulfonamides is 1. The van der Waals surface area contributed by atoms with Crippen LogP contribution < -0.4 is 9.46 Å². The Bertz CT molecular complexity index is 872. The van der Waals surface area contributed by atoms with Crippen molar-refractivity contribution < 1.29 is 17.5 Å². The molecule has 0 aliphatic carbocycles. The van der Waals surface area contributed by atoms with Crippen LogP contribution in [0.5, 0.6) is 5.75 Å². The number of methoxy groups -OCH3 is 1. The normalized spacial score (nSPS) is 10.7. The lowest BCUT2D eigenvalue weighted by Gasteiger charge is -2.09. The van der Waals surface area contributed by atoms with Crippen molar-refractivity contribution in [2.75, 3.05) is 13.7 Å². The third-order valence-corrected chi connectivity index (χ3v) is 4.48. The summed E-state index contributed by atoms with van der Waals surface area (Å²) >= 11 is 5.83. The molecule has 2 rings (SSSR count). The molecule has 0 aliphatic rings. The quantitative estimate of drug-likeness (QED) is 0.860. The molecule has 4 nitrogen and oxygen atoms in total. The van der Waals surface area contributed by atoms with E-state index in [0.717, 1.165) is 12.1 Å². The average Bonchev–Trinajstić information content (AvgIpc) is 2.52. The fraction of sp³-hybridized carbons (Fsp3) is 0.125. The van der Waals surface area contributed by atoms with E-state index in [2.05, 4.69) is 16.6 Å². The van der Waals surface area contributed by atoms with Crippen molar-refractivity contribution in [2.24, 2.45) is 0 Å². The van der Waals surface area contributed by atoms with Crippen LogP contribution in [0.25, 0.3) is 0 Å². The molecular formula is C16H13ClFNO3S. The number of rotatable bonds is 4. The number of halogens is 2. The highest BCUT2D eigenvalue weighted by atomic mass is 35.5. The maximum atomic E-state index is 13.3. The van der Waals surface area contributed by atoms with Crippen molar-refractivity contribution in [1.29, 1.82) is 0 Å². The van der Waals surface area contributed by atoms with Crippen LogP contribution in [0.15, 0.2) is 47.4 Å². The van der Waals surface area contributed by atoms with Crippen molar-refractivity contribution in [2.45, 2.75) is 4.90 Å². The van der Waals surface area contributed by atoms with Gasteiger partial charge in [-0.05, 0) is 36.4 Å². The summed E-state index contributed by atoms with van der Waals surface area (Å²) in [6.45, 7) is -0.130. The Labute approximate surface area is 139 Å². The summed E-state index contributed by atoms with van der Waals surface area (Å²) in [6, 6.07) is 10.1. The maximum absolute atomic E-state index is 13.3. The second kappa shape index (κ2) is 7.47. The lowest BCUT2D eigenvalue weighted by atomic mass is 10.2. The van der Waals surface area contributed by atoms with Crippen LogP contribution in [0.2, 0.25) is 5.02 Å². The van der Waals surface area contributed by atoms with Crippen LogP contribution in [0.4, 0.5) is 4.39 Å². The highest BCUT2D eigenvalue weighted by Gasteiger charge is 2.19. The molecule has 0 unspecified atom stereocenters. The van der Waals surface area contributed by atoms with Gasteiger partial charge in [0.25, 0.3) is 0 Å². The van der Waals surface area contributed by atoms with Crippen molar-refractivity contribution in [3.63, 3.8) is 0 Å². The second-order valence-corrected chi connectivity index (χ2v) is 6.60. The first kappa shape index (κ1) is 17.3. The predicted octanol–water partition coefficient (Wildman–Crippen LogP) is 2.82. The fourth-order valence-electron chi connectivity index (χ4n) is 1.78. The zero-order valence-corrected chi connectivity index (χ0v) is 13.7. The molecule has 120 valence electrons. The lowest BCUT2D eigenvalue weighted by molar-refractivity contribution is 0.400. The Hall–Kier alpha value is -2.07. The van der Waals surface area contributed by atoms with E-state index in [-0.39, 0.29) is 17.2 Å². The third-order valence-electron chi connectivity index (χ3n) is 2.82. The largest absolute Gasteiger partial charge is 0.495 e. The zero-order chi connectivity index (χ0) is 16.9. The SMILES string of the molecule is COc1ccc(F)cc1S(=O)(=O)NCC#Cc1cccc(Cl)c1. The third kappa shape index (κ3) is 4.70. The minimum Gasteiger partial charge on any atom is -0.495 e. The highest BCUT2D eigenvalue weighted by Crippen LogP contribution is 2.23. The molecule has 0 spiro atoms. The summed E-state index contributed by atoms with van der Waals surface area (Å²) in [5, 5.41) is 0.543. The molecule has 0 atom stereocenters. The van der Waals surface area contributed by atoms with E-state index in [9.17, 15) is 12.8 Å². The number of nitrogens with one attached hydrogen (secondary N) is 1. The zero-order valence-electron chi connectivity index (χ0n) is 12.1. The molecule has 7 heteroatoms. The second-order valence-electron chi connectivity index (χ2n) is 4.43. The number of hydrogen-bond donors (Lipinski definition) is 1. The van der Waals surface area contributed by atoms with Gasteiger partial charge in [0.1, 0.15) is 16.5 Å². The Morgan fingerprint density at radius 2 is 2.04 bits per heavy atom. The lowest BCUT2D eigenvalue weighted by Crippen LogP contribution is -2.24. The summed E-state index contributed by atoms with van der Waals surface area (Å²) in [6.07, 6.45) is 0. The van der Waals surface area contributed by atoms with Gasteiger partial charge in [0.05, 0.1) is 13.7 Å². The van der Waals surface area contributed by atoms with Gasteiger partial charge in [-0.25, -0.2) is 12.8 Å². The van der Waals surface area contributed by atoms with E-state index < -0.39 is 15.8 Å². The topological polar surface area (TPSA) is 55.4 Å². The van der Waals surface area contributed by atoms with Gasteiger partial charge in [-0.1, -0.05) is 29.5 Å². The number of ether oxygens (including phenoxy) is 1. The van der Waals surface area contributed by atoms with Gasteiger partial charge in [-0.15, -0.1) is 0 Å². The van der Waals surface area contributed by atoms with Crippen molar-refractivity contribution in [1.82, 2.24) is 4.72 Å². The molecule has 2 aromatic carbocycles. The number of hydrogen-bond acceptors (Lipinski definition) is 3. The van der Waals surface area contributed by atoms with Gasteiger partial charge in [0.2, 0.25) is 10.0 Å². The van der Waals surface area contributed by atoms with E-state index >= 15 is 0 Å². The van der Waals surface area contributed by atoms with Crippen LogP contribution in [0.3, 0.4) is 0 Å². The van der Waals surface area contributed by atoms with E-state index in [1.807, 2.05) is 0 Å².